The lowest BCUT2D eigenvalue weighted by atomic mass is 10.1. The first-order valence-electron chi connectivity index (χ1n) is 3.46. The number of halogens is 2. The van der Waals surface area contributed by atoms with Crippen LogP contribution in [0.5, 0.6) is 0 Å². The molecule has 0 heterocycles. The topological polar surface area (TPSA) is 40.9 Å². The standard InChI is InChI=1S/C9H5F2NO/c1-5(13)7-2-6(4-12)8(10)3-9(7)11/h2-3H,1H3. The Balaban J connectivity index is 3.41. The van der Waals surface area contributed by atoms with Gasteiger partial charge in [0.25, 0.3) is 0 Å². The van der Waals surface area contributed by atoms with E-state index in [0.29, 0.717) is 6.07 Å². The number of benzene rings is 1. The van der Waals surface area contributed by atoms with Crippen molar-refractivity contribution in [3.63, 3.8) is 0 Å². The summed E-state index contributed by atoms with van der Waals surface area (Å²) in [5, 5.41) is 8.39. The van der Waals surface area contributed by atoms with Gasteiger partial charge in [-0.2, -0.15) is 5.26 Å². The Hall–Kier alpha value is -1.76. The molecule has 0 aliphatic rings. The van der Waals surface area contributed by atoms with Gasteiger partial charge in [0.1, 0.15) is 17.7 Å². The second-order valence-corrected chi connectivity index (χ2v) is 2.48. The summed E-state index contributed by atoms with van der Waals surface area (Å²) in [6.07, 6.45) is 0. The lowest BCUT2D eigenvalue weighted by Crippen LogP contribution is -1.99. The molecular formula is C9H5F2NO. The van der Waals surface area contributed by atoms with Crippen molar-refractivity contribution in [1.82, 2.24) is 0 Å². The molecule has 0 amide bonds. The molecule has 0 saturated heterocycles. The zero-order valence-corrected chi connectivity index (χ0v) is 6.77. The number of carbonyl (C=O) groups excluding carboxylic acids is 1. The maximum Gasteiger partial charge on any atom is 0.162 e. The lowest BCUT2D eigenvalue weighted by Gasteiger charge is -1.99. The van der Waals surface area contributed by atoms with Crippen LogP contribution in [0.3, 0.4) is 0 Å². The average molecular weight is 181 g/mol. The van der Waals surface area contributed by atoms with E-state index in [-0.39, 0.29) is 11.1 Å². The second-order valence-electron chi connectivity index (χ2n) is 2.48. The minimum atomic E-state index is -0.954. The molecule has 1 rings (SSSR count). The van der Waals surface area contributed by atoms with E-state index >= 15 is 0 Å². The highest BCUT2D eigenvalue weighted by Crippen LogP contribution is 2.14. The van der Waals surface area contributed by atoms with E-state index in [0.717, 1.165) is 13.0 Å². The third-order valence-corrected chi connectivity index (χ3v) is 1.56. The Morgan fingerprint density at radius 3 is 2.46 bits per heavy atom. The molecule has 0 aliphatic carbocycles. The van der Waals surface area contributed by atoms with Gasteiger partial charge in [0.2, 0.25) is 0 Å². The van der Waals surface area contributed by atoms with Crippen LogP contribution in [0.2, 0.25) is 0 Å². The number of rotatable bonds is 1. The largest absolute Gasteiger partial charge is 0.294 e. The van der Waals surface area contributed by atoms with E-state index in [1.165, 1.54) is 6.07 Å². The van der Waals surface area contributed by atoms with Crippen molar-refractivity contribution in [3.05, 3.63) is 34.9 Å². The van der Waals surface area contributed by atoms with E-state index in [1.807, 2.05) is 0 Å². The number of hydrogen-bond acceptors (Lipinski definition) is 2. The van der Waals surface area contributed by atoms with E-state index in [1.54, 1.807) is 0 Å². The summed E-state index contributed by atoms with van der Waals surface area (Å²) in [6, 6.07) is 2.97. The van der Waals surface area contributed by atoms with Gasteiger partial charge in [-0.1, -0.05) is 0 Å². The maximum absolute atomic E-state index is 12.8. The highest BCUT2D eigenvalue weighted by molar-refractivity contribution is 5.94. The van der Waals surface area contributed by atoms with Crippen molar-refractivity contribution in [1.29, 1.82) is 5.26 Å². The molecule has 2 nitrogen and oxygen atoms in total. The number of ketones is 1. The molecule has 0 radical (unpaired) electrons. The summed E-state index contributed by atoms with van der Waals surface area (Å²) in [4.78, 5) is 10.8. The molecule has 0 saturated carbocycles. The van der Waals surface area contributed by atoms with Crippen LogP contribution in [-0.2, 0) is 0 Å². The van der Waals surface area contributed by atoms with Gasteiger partial charge in [-0.15, -0.1) is 0 Å². The summed E-state index contributed by atoms with van der Waals surface area (Å²) in [5.41, 5.74) is -0.593. The van der Waals surface area contributed by atoms with E-state index in [4.69, 9.17) is 5.26 Å². The molecule has 0 N–H and O–H groups in total. The van der Waals surface area contributed by atoms with Crippen LogP contribution in [0.25, 0.3) is 0 Å². The zero-order valence-electron chi connectivity index (χ0n) is 6.77. The summed E-state index contributed by atoms with van der Waals surface area (Å²) in [7, 11) is 0. The Morgan fingerprint density at radius 2 is 2.00 bits per heavy atom. The van der Waals surface area contributed by atoms with Gasteiger partial charge in [0, 0.05) is 6.07 Å². The Kier molecular flexibility index (Phi) is 2.38. The van der Waals surface area contributed by atoms with Crippen LogP contribution in [0.1, 0.15) is 22.8 Å². The maximum atomic E-state index is 12.8. The Labute approximate surface area is 73.4 Å². The SMILES string of the molecule is CC(=O)c1cc(C#N)c(F)cc1F. The first-order valence-corrected chi connectivity index (χ1v) is 3.46. The average Bonchev–Trinajstić information content (AvgIpc) is 2.03. The molecular weight excluding hydrogens is 176 g/mol. The number of carbonyl (C=O) groups is 1. The van der Waals surface area contributed by atoms with Gasteiger partial charge in [0.15, 0.2) is 5.78 Å². The number of nitriles is 1. The molecule has 4 heteroatoms. The zero-order chi connectivity index (χ0) is 10.0. The van der Waals surface area contributed by atoms with E-state index in [2.05, 4.69) is 0 Å². The van der Waals surface area contributed by atoms with Crippen molar-refractivity contribution >= 4 is 5.78 Å². The van der Waals surface area contributed by atoms with Crippen LogP contribution in [0, 0.1) is 23.0 Å². The molecule has 66 valence electrons. The highest BCUT2D eigenvalue weighted by Gasteiger charge is 2.12. The molecule has 0 atom stereocenters. The van der Waals surface area contributed by atoms with E-state index in [9.17, 15) is 13.6 Å². The first-order chi connectivity index (χ1) is 6.06. The smallest absolute Gasteiger partial charge is 0.162 e. The van der Waals surface area contributed by atoms with Crippen LogP contribution in [-0.4, -0.2) is 5.78 Å². The van der Waals surface area contributed by atoms with Crippen LogP contribution in [0.4, 0.5) is 8.78 Å². The fourth-order valence-corrected chi connectivity index (χ4v) is 0.904. The Morgan fingerprint density at radius 1 is 1.38 bits per heavy atom. The summed E-state index contributed by atoms with van der Waals surface area (Å²) < 4.78 is 25.6. The fourth-order valence-electron chi connectivity index (χ4n) is 0.904. The molecule has 1 aromatic carbocycles. The van der Waals surface area contributed by atoms with Crippen molar-refractivity contribution in [2.45, 2.75) is 6.92 Å². The van der Waals surface area contributed by atoms with E-state index < -0.39 is 17.4 Å². The molecule has 0 spiro atoms. The lowest BCUT2D eigenvalue weighted by molar-refractivity contribution is 0.101. The molecule has 0 aromatic heterocycles. The van der Waals surface area contributed by atoms with Gasteiger partial charge < -0.3 is 0 Å². The molecule has 0 aliphatic heterocycles. The van der Waals surface area contributed by atoms with Crippen molar-refractivity contribution in [2.24, 2.45) is 0 Å². The summed E-state index contributed by atoms with van der Waals surface area (Å²) in [5.74, 6) is -2.43. The number of hydrogen-bond donors (Lipinski definition) is 0. The van der Waals surface area contributed by atoms with Crippen LogP contribution >= 0.6 is 0 Å². The predicted molar refractivity (Wildman–Crippen MR) is 41.1 cm³/mol. The summed E-state index contributed by atoms with van der Waals surface area (Å²) in [6.45, 7) is 1.15. The van der Waals surface area contributed by atoms with Gasteiger partial charge >= 0.3 is 0 Å². The van der Waals surface area contributed by atoms with Crippen LogP contribution < -0.4 is 0 Å². The third kappa shape index (κ3) is 1.70. The molecule has 1 aromatic rings. The predicted octanol–water partition coefficient (Wildman–Crippen LogP) is 2.04. The quantitative estimate of drug-likeness (QED) is 0.622. The van der Waals surface area contributed by atoms with Gasteiger partial charge in [-0.25, -0.2) is 8.78 Å². The van der Waals surface area contributed by atoms with Gasteiger partial charge in [-0.05, 0) is 13.0 Å². The number of nitrogens with zero attached hydrogens (tertiary/aromatic N) is 1. The summed E-state index contributed by atoms with van der Waals surface area (Å²) >= 11 is 0. The minimum absolute atomic E-state index is 0.266. The fraction of sp³-hybridized carbons (Fsp3) is 0.111. The van der Waals surface area contributed by atoms with Gasteiger partial charge in [-0.3, -0.25) is 4.79 Å². The Bertz CT molecular complexity index is 407. The van der Waals surface area contributed by atoms with Crippen molar-refractivity contribution in [2.75, 3.05) is 0 Å². The first kappa shape index (κ1) is 9.33. The molecule has 0 unspecified atom stereocenters. The molecule has 0 fully saturated rings. The molecule has 0 bridgehead atoms. The highest BCUT2D eigenvalue weighted by atomic mass is 19.1. The molecule has 13 heavy (non-hydrogen) atoms. The normalized spacial score (nSPS) is 9.38. The number of Topliss-reactive ketones (excluding diaryl/α,β-unsaturated/α-hetero) is 1. The minimum Gasteiger partial charge on any atom is -0.294 e. The van der Waals surface area contributed by atoms with Crippen LogP contribution in [0.15, 0.2) is 12.1 Å². The van der Waals surface area contributed by atoms with Crippen molar-refractivity contribution in [3.8, 4) is 6.07 Å². The monoisotopic (exact) mass is 181 g/mol. The van der Waals surface area contributed by atoms with Crippen molar-refractivity contribution < 1.29 is 13.6 Å². The van der Waals surface area contributed by atoms with Gasteiger partial charge in [0.05, 0.1) is 11.1 Å². The second kappa shape index (κ2) is 3.31. The third-order valence-electron chi connectivity index (χ3n) is 1.56.